The van der Waals surface area contributed by atoms with Crippen LogP contribution in [0.3, 0.4) is 0 Å². The first-order valence-electron chi connectivity index (χ1n) is 6.40. The van der Waals surface area contributed by atoms with Crippen molar-refractivity contribution in [2.24, 2.45) is 5.92 Å². The summed E-state index contributed by atoms with van der Waals surface area (Å²) in [4.78, 5) is 22.8. The molecule has 6 nitrogen and oxygen atoms in total. The van der Waals surface area contributed by atoms with Crippen LogP contribution in [0, 0.1) is 5.92 Å². The second-order valence-corrected chi connectivity index (χ2v) is 4.87. The van der Waals surface area contributed by atoms with Gasteiger partial charge in [-0.05, 0) is 32.2 Å². The Kier molecular flexibility index (Phi) is 5.55. The fourth-order valence-electron chi connectivity index (χ4n) is 2.21. The number of aliphatic carboxylic acids is 1. The van der Waals surface area contributed by atoms with Crippen molar-refractivity contribution in [1.82, 2.24) is 10.6 Å². The molecule has 1 saturated heterocycles. The summed E-state index contributed by atoms with van der Waals surface area (Å²) in [6, 6.07) is -1.61. The molecule has 0 aromatic rings. The Hall–Kier alpha value is -1.14. The molecule has 0 saturated carbocycles. The van der Waals surface area contributed by atoms with Crippen LogP contribution in [0.2, 0.25) is 0 Å². The highest BCUT2D eigenvalue weighted by atomic mass is 16.4. The van der Waals surface area contributed by atoms with Gasteiger partial charge in [-0.15, -0.1) is 0 Å². The molecule has 0 spiro atoms. The van der Waals surface area contributed by atoms with E-state index in [0.29, 0.717) is 12.3 Å². The molecule has 1 rings (SSSR count). The molecule has 0 bridgehead atoms. The highest BCUT2D eigenvalue weighted by Gasteiger charge is 2.31. The number of rotatable bonds is 5. The largest absolute Gasteiger partial charge is 0.480 e. The standard InChI is InChI=1S/C12H22N2O4/c1-3-8-4-5-13-9(6-8)11(16)14-10(7(2)15)12(17)18/h7-10,13,15H,3-6H2,1-2H3,(H,14,16)(H,17,18). The molecule has 1 aliphatic heterocycles. The van der Waals surface area contributed by atoms with Crippen molar-refractivity contribution in [3.05, 3.63) is 0 Å². The number of amides is 1. The molecule has 104 valence electrons. The lowest BCUT2D eigenvalue weighted by Gasteiger charge is -2.30. The van der Waals surface area contributed by atoms with Crippen molar-refractivity contribution in [2.45, 2.75) is 51.3 Å². The lowest BCUT2D eigenvalue weighted by molar-refractivity contribution is -0.145. The van der Waals surface area contributed by atoms with Gasteiger partial charge < -0.3 is 20.8 Å². The minimum atomic E-state index is -1.25. The van der Waals surface area contributed by atoms with Crippen LogP contribution in [-0.2, 0) is 9.59 Å². The zero-order valence-electron chi connectivity index (χ0n) is 10.8. The predicted octanol–water partition coefficient (Wildman–Crippen LogP) is -0.285. The highest BCUT2D eigenvalue weighted by molar-refractivity contribution is 5.87. The van der Waals surface area contributed by atoms with Crippen LogP contribution in [0.1, 0.15) is 33.1 Å². The van der Waals surface area contributed by atoms with Gasteiger partial charge in [0.25, 0.3) is 0 Å². The Morgan fingerprint density at radius 2 is 2.17 bits per heavy atom. The van der Waals surface area contributed by atoms with E-state index in [-0.39, 0.29) is 11.9 Å². The Balaban J connectivity index is 2.55. The zero-order chi connectivity index (χ0) is 13.7. The van der Waals surface area contributed by atoms with Crippen LogP contribution in [0.15, 0.2) is 0 Å². The van der Waals surface area contributed by atoms with E-state index >= 15 is 0 Å². The van der Waals surface area contributed by atoms with Crippen molar-refractivity contribution < 1.29 is 19.8 Å². The van der Waals surface area contributed by atoms with Crippen molar-refractivity contribution >= 4 is 11.9 Å². The van der Waals surface area contributed by atoms with E-state index in [9.17, 15) is 14.7 Å². The number of hydrogen-bond acceptors (Lipinski definition) is 4. The number of carbonyl (C=O) groups is 2. The molecule has 1 fully saturated rings. The van der Waals surface area contributed by atoms with E-state index in [2.05, 4.69) is 17.6 Å². The van der Waals surface area contributed by atoms with E-state index < -0.39 is 18.1 Å². The summed E-state index contributed by atoms with van der Waals surface area (Å²) in [5.74, 6) is -1.07. The van der Waals surface area contributed by atoms with Crippen LogP contribution < -0.4 is 10.6 Å². The second kappa shape index (κ2) is 6.70. The highest BCUT2D eigenvalue weighted by Crippen LogP contribution is 2.19. The van der Waals surface area contributed by atoms with E-state index in [4.69, 9.17) is 5.11 Å². The molecule has 4 atom stereocenters. The van der Waals surface area contributed by atoms with Gasteiger partial charge in [-0.2, -0.15) is 0 Å². The van der Waals surface area contributed by atoms with Gasteiger partial charge in [0.1, 0.15) is 0 Å². The molecule has 1 amide bonds. The number of carboxylic acids is 1. The summed E-state index contributed by atoms with van der Waals surface area (Å²) in [6.45, 7) is 4.20. The quantitative estimate of drug-likeness (QED) is 0.543. The average molecular weight is 258 g/mol. The molecular formula is C12H22N2O4. The summed E-state index contributed by atoms with van der Waals surface area (Å²) in [6.07, 6.45) is 1.66. The second-order valence-electron chi connectivity index (χ2n) is 4.87. The van der Waals surface area contributed by atoms with Gasteiger partial charge in [0.05, 0.1) is 12.1 Å². The average Bonchev–Trinajstić information content (AvgIpc) is 2.34. The maximum absolute atomic E-state index is 11.9. The molecule has 1 aliphatic rings. The summed E-state index contributed by atoms with van der Waals surface area (Å²) >= 11 is 0. The maximum Gasteiger partial charge on any atom is 0.328 e. The Morgan fingerprint density at radius 3 is 2.67 bits per heavy atom. The van der Waals surface area contributed by atoms with Crippen LogP contribution in [0.5, 0.6) is 0 Å². The van der Waals surface area contributed by atoms with Gasteiger partial charge in [-0.1, -0.05) is 13.3 Å². The lowest BCUT2D eigenvalue weighted by Crippen LogP contribution is -2.55. The molecule has 4 N–H and O–H groups in total. The first-order valence-corrected chi connectivity index (χ1v) is 6.40. The number of nitrogens with one attached hydrogen (secondary N) is 2. The number of carboxylic acid groups (broad SMARTS) is 1. The molecule has 0 radical (unpaired) electrons. The van der Waals surface area contributed by atoms with Gasteiger partial charge >= 0.3 is 5.97 Å². The number of aliphatic hydroxyl groups excluding tert-OH is 1. The number of carbonyl (C=O) groups excluding carboxylic acids is 1. The Bertz CT molecular complexity index is 306. The number of hydrogen-bond donors (Lipinski definition) is 4. The van der Waals surface area contributed by atoms with Gasteiger partial charge in [0, 0.05) is 0 Å². The van der Waals surface area contributed by atoms with Crippen molar-refractivity contribution in [3.8, 4) is 0 Å². The summed E-state index contributed by atoms with van der Waals surface area (Å²) in [5, 5.41) is 23.7. The van der Waals surface area contributed by atoms with Gasteiger partial charge in [0.2, 0.25) is 5.91 Å². The molecule has 1 heterocycles. The van der Waals surface area contributed by atoms with Crippen molar-refractivity contribution in [2.75, 3.05) is 6.54 Å². The van der Waals surface area contributed by atoms with E-state index in [1.165, 1.54) is 6.92 Å². The zero-order valence-corrected chi connectivity index (χ0v) is 10.8. The van der Waals surface area contributed by atoms with Crippen LogP contribution in [0.25, 0.3) is 0 Å². The normalized spacial score (nSPS) is 27.3. The summed E-state index contributed by atoms with van der Waals surface area (Å²) in [7, 11) is 0. The molecule has 18 heavy (non-hydrogen) atoms. The van der Waals surface area contributed by atoms with E-state index in [1.54, 1.807) is 0 Å². The summed E-state index contributed by atoms with van der Waals surface area (Å²) in [5.41, 5.74) is 0. The fourth-order valence-corrected chi connectivity index (χ4v) is 2.21. The van der Waals surface area contributed by atoms with Crippen molar-refractivity contribution in [3.63, 3.8) is 0 Å². The molecular weight excluding hydrogens is 236 g/mol. The third-order valence-corrected chi connectivity index (χ3v) is 3.45. The summed E-state index contributed by atoms with van der Waals surface area (Å²) < 4.78 is 0. The minimum Gasteiger partial charge on any atom is -0.480 e. The smallest absolute Gasteiger partial charge is 0.328 e. The predicted molar refractivity (Wildman–Crippen MR) is 66.1 cm³/mol. The van der Waals surface area contributed by atoms with E-state index in [0.717, 1.165) is 19.4 Å². The SMILES string of the molecule is CCC1CCNC(C(=O)NC(C(=O)O)C(C)O)C1. The van der Waals surface area contributed by atoms with Crippen molar-refractivity contribution in [1.29, 1.82) is 0 Å². The third-order valence-electron chi connectivity index (χ3n) is 3.45. The minimum absolute atomic E-state index is 0.346. The van der Waals surface area contributed by atoms with Gasteiger partial charge in [-0.3, -0.25) is 4.79 Å². The fraction of sp³-hybridized carbons (Fsp3) is 0.833. The topological polar surface area (TPSA) is 98.7 Å². The lowest BCUT2D eigenvalue weighted by atomic mass is 9.90. The number of aliphatic hydroxyl groups is 1. The molecule has 0 aliphatic carbocycles. The Labute approximate surface area is 107 Å². The molecule has 4 unspecified atom stereocenters. The van der Waals surface area contributed by atoms with Crippen LogP contribution in [-0.4, -0.2) is 46.8 Å². The Morgan fingerprint density at radius 1 is 1.50 bits per heavy atom. The molecule has 0 aromatic heterocycles. The first-order chi connectivity index (χ1) is 8.45. The van der Waals surface area contributed by atoms with Gasteiger partial charge in [-0.25, -0.2) is 4.79 Å². The molecule has 0 aromatic carbocycles. The molecule has 6 heteroatoms. The first kappa shape index (κ1) is 14.9. The monoisotopic (exact) mass is 258 g/mol. The maximum atomic E-state index is 11.9. The van der Waals surface area contributed by atoms with Crippen LogP contribution in [0.4, 0.5) is 0 Å². The van der Waals surface area contributed by atoms with E-state index in [1.807, 2.05) is 0 Å². The van der Waals surface area contributed by atoms with Gasteiger partial charge in [0.15, 0.2) is 6.04 Å². The van der Waals surface area contributed by atoms with Crippen LogP contribution >= 0.6 is 0 Å². The number of piperidine rings is 1. The third kappa shape index (κ3) is 3.96.